The van der Waals surface area contributed by atoms with Crippen LogP contribution in [-0.2, 0) is 9.53 Å². The Bertz CT molecular complexity index is 973. The minimum atomic E-state index is -0.0920. The molecule has 2 heterocycles. The first kappa shape index (κ1) is 21.3. The number of hydrogen-bond donors (Lipinski definition) is 2. The summed E-state index contributed by atoms with van der Waals surface area (Å²) in [7, 11) is 5.00. The van der Waals surface area contributed by atoms with Crippen LogP contribution in [0.2, 0.25) is 0 Å². The molecule has 164 valence electrons. The van der Waals surface area contributed by atoms with Gasteiger partial charge in [0.1, 0.15) is 6.61 Å². The van der Waals surface area contributed by atoms with E-state index in [1.807, 2.05) is 41.3 Å². The fraction of sp³-hybridized carbons (Fsp3) is 0.417. The van der Waals surface area contributed by atoms with Gasteiger partial charge in [0.05, 0.1) is 18.7 Å². The van der Waals surface area contributed by atoms with Crippen molar-refractivity contribution in [3.05, 3.63) is 53.6 Å². The van der Waals surface area contributed by atoms with Crippen molar-refractivity contribution in [2.24, 2.45) is 5.92 Å². The lowest BCUT2D eigenvalue weighted by Crippen LogP contribution is -2.43. The van der Waals surface area contributed by atoms with Gasteiger partial charge in [-0.1, -0.05) is 18.2 Å². The summed E-state index contributed by atoms with van der Waals surface area (Å²) in [5, 5.41) is 13.4. The molecule has 4 rings (SSSR count). The zero-order valence-corrected chi connectivity index (χ0v) is 18.2. The molecule has 2 N–H and O–H groups in total. The molecule has 2 aliphatic rings. The standard InChI is InChI=1S/C24H29N3O4/c1-26(2)24(30)16-6-4-15(5-7-16)17-8-9-20-19(12-17)23-18(21(13-28)25-20)10-11-27(23)22(29)14-31-3/h4-9,12,18,21,23,25,28H,10-11,13-14H2,1-3H3/t18-,21+,23-/m1/s1. The Balaban J connectivity index is 1.70. The van der Waals surface area contributed by atoms with E-state index in [0.29, 0.717) is 12.1 Å². The molecule has 2 aromatic rings. The molecule has 1 fully saturated rings. The first-order valence-corrected chi connectivity index (χ1v) is 10.6. The molecule has 2 amide bonds. The highest BCUT2D eigenvalue weighted by Crippen LogP contribution is 2.47. The highest BCUT2D eigenvalue weighted by Gasteiger charge is 2.45. The van der Waals surface area contributed by atoms with Gasteiger partial charge in [0, 0.05) is 44.9 Å². The van der Waals surface area contributed by atoms with Crippen molar-refractivity contribution in [2.45, 2.75) is 18.5 Å². The van der Waals surface area contributed by atoms with Gasteiger partial charge in [0.2, 0.25) is 5.91 Å². The van der Waals surface area contributed by atoms with Crippen LogP contribution in [-0.4, -0.2) is 73.7 Å². The smallest absolute Gasteiger partial charge is 0.253 e. The second-order valence-corrected chi connectivity index (χ2v) is 8.43. The summed E-state index contributed by atoms with van der Waals surface area (Å²) in [5.41, 5.74) is 4.68. The molecule has 0 aromatic heterocycles. The maximum Gasteiger partial charge on any atom is 0.253 e. The van der Waals surface area contributed by atoms with E-state index < -0.39 is 0 Å². The molecule has 3 atom stereocenters. The number of aliphatic hydroxyl groups excluding tert-OH is 1. The van der Waals surface area contributed by atoms with Gasteiger partial charge in [-0.15, -0.1) is 0 Å². The molecule has 0 radical (unpaired) electrons. The molecule has 0 aliphatic carbocycles. The average Bonchev–Trinajstić information content (AvgIpc) is 3.23. The summed E-state index contributed by atoms with van der Waals surface area (Å²) in [6, 6.07) is 13.6. The van der Waals surface area contributed by atoms with Crippen molar-refractivity contribution in [1.29, 1.82) is 0 Å². The zero-order chi connectivity index (χ0) is 22.1. The maximum absolute atomic E-state index is 12.7. The normalized spacial score (nSPS) is 21.8. The molecule has 2 aromatic carbocycles. The third-order valence-corrected chi connectivity index (χ3v) is 6.33. The third-order valence-electron chi connectivity index (χ3n) is 6.33. The maximum atomic E-state index is 12.7. The number of carbonyl (C=O) groups is 2. The summed E-state index contributed by atoms with van der Waals surface area (Å²) in [5.74, 6) is 0.0856. The molecule has 0 spiro atoms. The number of nitrogens with one attached hydrogen (secondary N) is 1. The minimum Gasteiger partial charge on any atom is -0.394 e. The molecule has 0 unspecified atom stereocenters. The van der Waals surface area contributed by atoms with E-state index >= 15 is 0 Å². The third kappa shape index (κ3) is 3.91. The number of amides is 2. The highest BCUT2D eigenvalue weighted by atomic mass is 16.5. The van der Waals surface area contributed by atoms with Gasteiger partial charge in [-0.05, 0) is 47.4 Å². The van der Waals surface area contributed by atoms with Gasteiger partial charge in [0.15, 0.2) is 0 Å². The molecule has 7 heteroatoms. The number of likely N-dealkylation sites (tertiary alicyclic amines) is 1. The fourth-order valence-corrected chi connectivity index (χ4v) is 4.79. The van der Waals surface area contributed by atoms with Gasteiger partial charge in [-0.3, -0.25) is 9.59 Å². The lowest BCUT2D eigenvalue weighted by atomic mass is 9.82. The van der Waals surface area contributed by atoms with Crippen LogP contribution < -0.4 is 5.32 Å². The number of anilines is 1. The van der Waals surface area contributed by atoms with Gasteiger partial charge in [0.25, 0.3) is 5.91 Å². The number of benzene rings is 2. The monoisotopic (exact) mass is 423 g/mol. The van der Waals surface area contributed by atoms with Gasteiger partial charge in [-0.25, -0.2) is 0 Å². The van der Waals surface area contributed by atoms with Crippen LogP contribution in [0.25, 0.3) is 11.1 Å². The van der Waals surface area contributed by atoms with E-state index in [1.54, 1.807) is 19.0 Å². The van der Waals surface area contributed by atoms with E-state index in [9.17, 15) is 14.7 Å². The largest absolute Gasteiger partial charge is 0.394 e. The number of hydrogen-bond acceptors (Lipinski definition) is 5. The van der Waals surface area contributed by atoms with Crippen molar-refractivity contribution < 1.29 is 19.4 Å². The Kier molecular flexibility index (Phi) is 5.98. The molecule has 2 aliphatic heterocycles. The van der Waals surface area contributed by atoms with Crippen LogP contribution in [0.4, 0.5) is 5.69 Å². The number of rotatable bonds is 5. The van der Waals surface area contributed by atoms with Gasteiger partial charge >= 0.3 is 0 Å². The number of methoxy groups -OCH3 is 1. The van der Waals surface area contributed by atoms with Gasteiger partial charge in [-0.2, -0.15) is 0 Å². The Labute approximate surface area is 182 Å². The zero-order valence-electron chi connectivity index (χ0n) is 18.2. The summed E-state index contributed by atoms with van der Waals surface area (Å²) in [6.45, 7) is 0.730. The first-order chi connectivity index (χ1) is 14.9. The number of ether oxygens (including phenoxy) is 1. The SMILES string of the molecule is COCC(=O)N1CC[C@@H]2[C@H](CO)Nc3ccc(-c4ccc(C(=O)N(C)C)cc4)cc3[C@@H]21. The number of fused-ring (bicyclic) bond motifs is 3. The van der Waals surface area contributed by atoms with E-state index in [4.69, 9.17) is 4.74 Å². The average molecular weight is 424 g/mol. The highest BCUT2D eigenvalue weighted by molar-refractivity contribution is 5.94. The molecule has 1 saturated heterocycles. The Morgan fingerprint density at radius 3 is 2.52 bits per heavy atom. The Morgan fingerprint density at radius 2 is 1.87 bits per heavy atom. The molecular weight excluding hydrogens is 394 g/mol. The predicted octanol–water partition coefficient (Wildman–Crippen LogP) is 2.38. The minimum absolute atomic E-state index is 0.0238. The number of carbonyl (C=O) groups excluding carboxylic acids is 2. The predicted molar refractivity (Wildman–Crippen MR) is 119 cm³/mol. The van der Waals surface area contributed by atoms with E-state index in [1.165, 1.54) is 7.11 Å². The molecular formula is C24H29N3O4. The van der Waals surface area contributed by atoms with Crippen LogP contribution in [0.1, 0.15) is 28.4 Å². The lowest BCUT2D eigenvalue weighted by Gasteiger charge is -2.39. The second kappa shape index (κ2) is 8.69. The number of aliphatic hydroxyl groups is 1. The second-order valence-electron chi connectivity index (χ2n) is 8.43. The van der Waals surface area contributed by atoms with Crippen LogP contribution >= 0.6 is 0 Å². The summed E-state index contributed by atoms with van der Waals surface area (Å²) in [4.78, 5) is 28.3. The van der Waals surface area contributed by atoms with Crippen LogP contribution in [0.15, 0.2) is 42.5 Å². The Morgan fingerprint density at radius 1 is 1.16 bits per heavy atom. The van der Waals surface area contributed by atoms with Crippen molar-refractivity contribution >= 4 is 17.5 Å². The number of nitrogens with zero attached hydrogens (tertiary/aromatic N) is 2. The van der Waals surface area contributed by atoms with Crippen molar-refractivity contribution in [3.63, 3.8) is 0 Å². The van der Waals surface area contributed by atoms with E-state index in [2.05, 4.69) is 11.4 Å². The topological polar surface area (TPSA) is 82.1 Å². The van der Waals surface area contributed by atoms with Crippen LogP contribution in [0.5, 0.6) is 0 Å². The molecule has 31 heavy (non-hydrogen) atoms. The summed E-state index contributed by atoms with van der Waals surface area (Å²) < 4.78 is 5.09. The van der Waals surface area contributed by atoms with Gasteiger partial charge < -0.3 is 25.0 Å². The molecule has 0 saturated carbocycles. The van der Waals surface area contributed by atoms with Crippen LogP contribution in [0.3, 0.4) is 0 Å². The van der Waals surface area contributed by atoms with Crippen LogP contribution in [0, 0.1) is 5.92 Å². The lowest BCUT2D eigenvalue weighted by molar-refractivity contribution is -0.136. The summed E-state index contributed by atoms with van der Waals surface area (Å²) >= 11 is 0. The van der Waals surface area contributed by atoms with Crippen molar-refractivity contribution in [3.8, 4) is 11.1 Å². The fourth-order valence-electron chi connectivity index (χ4n) is 4.79. The molecule has 0 bridgehead atoms. The van der Waals surface area contributed by atoms with E-state index in [0.717, 1.165) is 28.8 Å². The van der Waals surface area contributed by atoms with Crippen molar-refractivity contribution in [1.82, 2.24) is 9.80 Å². The molecule has 7 nitrogen and oxygen atoms in total. The van der Waals surface area contributed by atoms with Crippen molar-refractivity contribution in [2.75, 3.05) is 46.3 Å². The Hall–Kier alpha value is -2.90. The van der Waals surface area contributed by atoms with E-state index in [-0.39, 0.29) is 43.0 Å². The quantitative estimate of drug-likeness (QED) is 0.772. The first-order valence-electron chi connectivity index (χ1n) is 10.6. The summed E-state index contributed by atoms with van der Waals surface area (Å²) in [6.07, 6.45) is 0.837.